The monoisotopic (exact) mass is 331 g/mol. The lowest BCUT2D eigenvalue weighted by atomic mass is 9.95. The Hall–Kier alpha value is -1.89. The highest BCUT2D eigenvalue weighted by molar-refractivity contribution is 5.95. The van der Waals surface area contributed by atoms with Crippen LogP contribution in [-0.4, -0.2) is 71.2 Å². The highest BCUT2D eigenvalue weighted by Gasteiger charge is 2.37. The fraction of sp³-hybridized carbons (Fsp3) is 0.706. The summed E-state index contributed by atoms with van der Waals surface area (Å²) in [5, 5.41) is 4.41. The van der Waals surface area contributed by atoms with Crippen molar-refractivity contribution in [2.75, 3.05) is 44.7 Å². The molecule has 1 aromatic heterocycles. The van der Waals surface area contributed by atoms with Gasteiger partial charge in [0.1, 0.15) is 0 Å². The molecule has 0 radical (unpaired) electrons. The molecule has 3 aliphatic heterocycles. The molecule has 0 aromatic carbocycles. The Morgan fingerprint density at radius 1 is 1.21 bits per heavy atom. The van der Waals surface area contributed by atoms with Crippen LogP contribution in [0.5, 0.6) is 0 Å². The Bertz CT molecular complexity index is 637. The van der Waals surface area contributed by atoms with E-state index in [1.165, 1.54) is 0 Å². The van der Waals surface area contributed by atoms with E-state index in [1.807, 2.05) is 20.7 Å². The summed E-state index contributed by atoms with van der Waals surface area (Å²) < 4.78 is 1.91. The predicted octanol–water partition coefficient (Wildman–Crippen LogP) is 0.735. The van der Waals surface area contributed by atoms with E-state index in [2.05, 4.69) is 17.0 Å². The van der Waals surface area contributed by atoms with E-state index in [0.29, 0.717) is 12.3 Å². The summed E-state index contributed by atoms with van der Waals surface area (Å²) in [4.78, 5) is 30.4. The van der Waals surface area contributed by atoms with Crippen molar-refractivity contribution in [2.24, 2.45) is 5.92 Å². The zero-order chi connectivity index (χ0) is 16.7. The first-order valence-corrected chi connectivity index (χ1v) is 8.93. The van der Waals surface area contributed by atoms with Crippen LogP contribution in [0.2, 0.25) is 0 Å². The van der Waals surface area contributed by atoms with Crippen molar-refractivity contribution in [1.29, 1.82) is 0 Å². The summed E-state index contributed by atoms with van der Waals surface area (Å²) in [7, 11) is 2.09. The van der Waals surface area contributed by atoms with Gasteiger partial charge in [-0.3, -0.25) is 14.3 Å². The number of hydrogen-bond acceptors (Lipinski definition) is 4. The second-order valence-corrected chi connectivity index (χ2v) is 7.33. The van der Waals surface area contributed by atoms with Crippen LogP contribution in [0.4, 0.5) is 5.69 Å². The van der Waals surface area contributed by atoms with Gasteiger partial charge in [-0.2, -0.15) is 5.10 Å². The number of carbonyl (C=O) groups is 2. The van der Waals surface area contributed by atoms with Crippen molar-refractivity contribution in [1.82, 2.24) is 19.6 Å². The Labute approximate surface area is 142 Å². The molecule has 7 nitrogen and oxygen atoms in total. The molecule has 0 aliphatic carbocycles. The Balaban J connectivity index is 1.33. The van der Waals surface area contributed by atoms with Gasteiger partial charge in [-0.15, -0.1) is 0 Å². The van der Waals surface area contributed by atoms with Crippen molar-refractivity contribution in [3.8, 4) is 0 Å². The van der Waals surface area contributed by atoms with E-state index in [0.717, 1.165) is 57.7 Å². The average Bonchev–Trinajstić information content (AvgIpc) is 3.14. The van der Waals surface area contributed by atoms with Gasteiger partial charge in [0.15, 0.2) is 0 Å². The molecule has 1 atom stereocenters. The third kappa shape index (κ3) is 2.81. The summed E-state index contributed by atoms with van der Waals surface area (Å²) >= 11 is 0. The molecule has 1 unspecified atom stereocenters. The Kier molecular flexibility index (Phi) is 4.04. The van der Waals surface area contributed by atoms with Gasteiger partial charge >= 0.3 is 0 Å². The third-order valence-electron chi connectivity index (χ3n) is 5.49. The van der Waals surface area contributed by atoms with Gasteiger partial charge in [0.2, 0.25) is 11.8 Å². The highest BCUT2D eigenvalue weighted by atomic mass is 16.2. The van der Waals surface area contributed by atoms with Crippen LogP contribution in [-0.2, 0) is 9.59 Å². The van der Waals surface area contributed by atoms with Crippen LogP contribution < -0.4 is 4.90 Å². The van der Waals surface area contributed by atoms with Gasteiger partial charge in [0.25, 0.3) is 0 Å². The number of amides is 2. The molecule has 130 valence electrons. The number of likely N-dealkylation sites (tertiary alicyclic amines) is 2. The van der Waals surface area contributed by atoms with E-state index >= 15 is 0 Å². The number of nitrogens with zero attached hydrogens (tertiary/aromatic N) is 5. The second kappa shape index (κ2) is 6.20. The predicted molar refractivity (Wildman–Crippen MR) is 89.7 cm³/mol. The molecule has 2 amide bonds. The van der Waals surface area contributed by atoms with Gasteiger partial charge in [-0.25, -0.2) is 0 Å². The molecule has 4 heterocycles. The molecule has 3 fully saturated rings. The van der Waals surface area contributed by atoms with Crippen LogP contribution in [0.1, 0.15) is 31.7 Å². The lowest BCUT2D eigenvalue weighted by Crippen LogP contribution is -2.54. The first-order valence-electron chi connectivity index (χ1n) is 8.93. The van der Waals surface area contributed by atoms with E-state index in [9.17, 15) is 9.59 Å². The van der Waals surface area contributed by atoms with E-state index < -0.39 is 0 Å². The lowest BCUT2D eigenvalue weighted by Gasteiger charge is -2.42. The summed E-state index contributed by atoms with van der Waals surface area (Å²) in [6.07, 6.45) is 7.38. The summed E-state index contributed by atoms with van der Waals surface area (Å²) in [6.45, 7) is 4.22. The van der Waals surface area contributed by atoms with Crippen molar-refractivity contribution >= 4 is 17.5 Å². The van der Waals surface area contributed by atoms with Gasteiger partial charge in [0, 0.05) is 38.8 Å². The lowest BCUT2D eigenvalue weighted by molar-refractivity contribution is -0.143. The van der Waals surface area contributed by atoms with E-state index in [4.69, 9.17) is 0 Å². The minimum Gasteiger partial charge on any atom is -0.338 e. The number of rotatable bonds is 3. The molecule has 0 N–H and O–H groups in total. The number of piperidine rings is 1. The molecular formula is C17H25N5O2. The van der Waals surface area contributed by atoms with Crippen LogP contribution in [0.3, 0.4) is 0 Å². The van der Waals surface area contributed by atoms with Crippen molar-refractivity contribution < 1.29 is 9.59 Å². The number of anilines is 1. The van der Waals surface area contributed by atoms with Crippen LogP contribution in [0.25, 0.3) is 0 Å². The average molecular weight is 331 g/mol. The van der Waals surface area contributed by atoms with Gasteiger partial charge < -0.3 is 14.7 Å². The first-order chi connectivity index (χ1) is 11.6. The molecule has 7 heteroatoms. The molecule has 0 spiro atoms. The summed E-state index contributed by atoms with van der Waals surface area (Å²) in [5.41, 5.74) is 0.885. The molecular weight excluding hydrogens is 306 g/mol. The first kappa shape index (κ1) is 15.6. The zero-order valence-corrected chi connectivity index (χ0v) is 14.2. The molecule has 3 saturated heterocycles. The smallest absolute Gasteiger partial charge is 0.227 e. The molecule has 3 aliphatic rings. The molecule has 1 aromatic rings. The molecule has 0 saturated carbocycles. The van der Waals surface area contributed by atoms with Crippen LogP contribution in [0.15, 0.2) is 12.4 Å². The van der Waals surface area contributed by atoms with Crippen LogP contribution in [0, 0.1) is 5.92 Å². The summed E-state index contributed by atoms with van der Waals surface area (Å²) in [6, 6.07) is 0.238. The van der Waals surface area contributed by atoms with E-state index in [-0.39, 0.29) is 17.9 Å². The number of carbonyl (C=O) groups excluding carboxylic acids is 2. The van der Waals surface area contributed by atoms with Crippen molar-refractivity contribution in [3.05, 3.63) is 12.4 Å². The highest BCUT2D eigenvalue weighted by Crippen LogP contribution is 2.28. The third-order valence-corrected chi connectivity index (χ3v) is 5.49. The fourth-order valence-corrected chi connectivity index (χ4v) is 4.02. The molecule has 4 rings (SSSR count). The minimum absolute atomic E-state index is 0.153. The maximum absolute atomic E-state index is 12.6. The Morgan fingerprint density at radius 2 is 2.04 bits per heavy atom. The Morgan fingerprint density at radius 3 is 2.75 bits per heavy atom. The summed E-state index contributed by atoms with van der Waals surface area (Å²) in [5.74, 6) is 0.626. The van der Waals surface area contributed by atoms with Crippen molar-refractivity contribution in [3.63, 3.8) is 0 Å². The fourth-order valence-electron chi connectivity index (χ4n) is 4.02. The van der Waals surface area contributed by atoms with Gasteiger partial charge in [-0.05, 0) is 32.9 Å². The zero-order valence-electron chi connectivity index (χ0n) is 14.2. The minimum atomic E-state index is 0.153. The maximum atomic E-state index is 12.6. The maximum Gasteiger partial charge on any atom is 0.227 e. The molecule has 24 heavy (non-hydrogen) atoms. The number of aromatic nitrogens is 2. The van der Waals surface area contributed by atoms with Crippen molar-refractivity contribution in [2.45, 2.75) is 31.7 Å². The normalized spacial score (nSPS) is 26.0. The van der Waals surface area contributed by atoms with Gasteiger partial charge in [0.05, 0.1) is 23.8 Å². The van der Waals surface area contributed by atoms with Gasteiger partial charge in [-0.1, -0.05) is 0 Å². The number of hydrogen-bond donors (Lipinski definition) is 0. The van der Waals surface area contributed by atoms with E-state index in [1.54, 1.807) is 6.20 Å². The SMILES string of the molecule is CN1CCCC(C(=O)N2CC(n3cc(N4CCCC4=O)cn3)C2)C1. The largest absolute Gasteiger partial charge is 0.338 e. The quantitative estimate of drug-likeness (QED) is 0.819. The molecule has 0 bridgehead atoms. The second-order valence-electron chi connectivity index (χ2n) is 7.33. The topological polar surface area (TPSA) is 61.7 Å². The van der Waals surface area contributed by atoms with Crippen LogP contribution >= 0.6 is 0 Å². The standard InChI is InChI=1S/C17H25N5O2/c1-19-6-2-4-13(9-19)17(24)20-10-15(11-20)22-12-14(8-18-22)21-7-3-5-16(21)23/h8,12-13,15H,2-7,9-11H2,1H3.